The first kappa shape index (κ1) is 12.9. The molecule has 0 bridgehead atoms. The molecule has 0 amide bonds. The van der Waals surface area contributed by atoms with Crippen molar-refractivity contribution in [1.29, 1.82) is 0 Å². The first-order chi connectivity index (χ1) is 9.85. The Kier molecular flexibility index (Phi) is 3.79. The molecule has 3 aromatic rings. The Labute approximate surface area is 122 Å². The normalized spacial score (nSPS) is 10.7. The Morgan fingerprint density at radius 3 is 2.40 bits per heavy atom. The van der Waals surface area contributed by atoms with Crippen molar-refractivity contribution in [3.05, 3.63) is 72.6 Å². The maximum Gasteiger partial charge on any atom is 0.0949 e. The molecule has 3 rings (SSSR count). The molecule has 1 aromatic carbocycles. The summed E-state index contributed by atoms with van der Waals surface area (Å²) >= 11 is 5.74. The minimum atomic E-state index is 0.449. The lowest BCUT2D eigenvalue weighted by molar-refractivity contribution is 0.797. The number of halogens is 1. The Bertz CT molecular complexity index is 658. The van der Waals surface area contributed by atoms with Crippen LogP contribution < -0.4 is 0 Å². The highest BCUT2D eigenvalue weighted by molar-refractivity contribution is 6.16. The molecular formula is C16H14ClN3. The fourth-order valence-corrected chi connectivity index (χ4v) is 2.23. The lowest BCUT2D eigenvalue weighted by atomic mass is 10.1. The summed E-state index contributed by atoms with van der Waals surface area (Å²) in [6.45, 7) is 0.837. The zero-order valence-electron chi connectivity index (χ0n) is 10.9. The maximum atomic E-state index is 5.74. The summed E-state index contributed by atoms with van der Waals surface area (Å²) in [7, 11) is 0. The number of hydrogen-bond acceptors (Lipinski definition) is 2. The van der Waals surface area contributed by atoms with E-state index < -0.39 is 0 Å². The van der Waals surface area contributed by atoms with E-state index in [0.717, 1.165) is 23.4 Å². The molecule has 0 unspecified atom stereocenters. The molecule has 0 fully saturated rings. The number of imidazole rings is 1. The molecule has 2 aromatic heterocycles. The van der Waals surface area contributed by atoms with E-state index in [-0.39, 0.29) is 0 Å². The Morgan fingerprint density at radius 1 is 1.00 bits per heavy atom. The lowest BCUT2D eigenvalue weighted by Gasteiger charge is -2.05. The van der Waals surface area contributed by atoms with Gasteiger partial charge in [-0.3, -0.25) is 4.98 Å². The Morgan fingerprint density at radius 2 is 1.80 bits per heavy atom. The predicted molar refractivity (Wildman–Crippen MR) is 80.6 cm³/mol. The molecular weight excluding hydrogens is 270 g/mol. The number of benzene rings is 1. The third-order valence-corrected chi connectivity index (χ3v) is 3.45. The Hall–Kier alpha value is -2.13. The summed E-state index contributed by atoms with van der Waals surface area (Å²) in [4.78, 5) is 8.36. The van der Waals surface area contributed by atoms with Gasteiger partial charge in [0.2, 0.25) is 0 Å². The van der Waals surface area contributed by atoms with Crippen LogP contribution in [0.5, 0.6) is 0 Å². The van der Waals surface area contributed by atoms with Crippen molar-refractivity contribution in [2.75, 3.05) is 0 Å². The first-order valence-electron chi connectivity index (χ1n) is 6.41. The van der Waals surface area contributed by atoms with Crippen LogP contribution in [0.4, 0.5) is 0 Å². The van der Waals surface area contributed by atoms with E-state index in [2.05, 4.69) is 40.3 Å². The van der Waals surface area contributed by atoms with Crippen LogP contribution >= 0.6 is 11.6 Å². The number of hydrogen-bond donors (Lipinski definition) is 0. The van der Waals surface area contributed by atoms with E-state index in [0.29, 0.717) is 5.88 Å². The maximum absolute atomic E-state index is 5.74. The Balaban J connectivity index is 1.78. The van der Waals surface area contributed by atoms with Crippen molar-refractivity contribution < 1.29 is 0 Å². The van der Waals surface area contributed by atoms with Crippen molar-refractivity contribution in [3.63, 3.8) is 0 Å². The average molecular weight is 284 g/mol. The highest BCUT2D eigenvalue weighted by atomic mass is 35.5. The molecule has 0 atom stereocenters. The molecule has 0 aliphatic heterocycles. The van der Waals surface area contributed by atoms with E-state index >= 15 is 0 Å². The van der Waals surface area contributed by atoms with Crippen molar-refractivity contribution >= 4 is 11.6 Å². The fraction of sp³-hybridized carbons (Fsp3) is 0.125. The summed E-state index contributed by atoms with van der Waals surface area (Å²) in [5, 5.41) is 0. The van der Waals surface area contributed by atoms with Crippen molar-refractivity contribution in [2.24, 2.45) is 0 Å². The van der Waals surface area contributed by atoms with Gasteiger partial charge in [0.25, 0.3) is 0 Å². The fourth-order valence-electron chi connectivity index (χ4n) is 2.07. The molecule has 2 heterocycles. The minimum absolute atomic E-state index is 0.449. The second kappa shape index (κ2) is 5.88. The van der Waals surface area contributed by atoms with Crippen molar-refractivity contribution in [2.45, 2.75) is 12.4 Å². The van der Waals surface area contributed by atoms with Gasteiger partial charge in [0.1, 0.15) is 0 Å². The average Bonchev–Trinajstić information content (AvgIpc) is 3.01. The monoisotopic (exact) mass is 283 g/mol. The third-order valence-electron chi connectivity index (χ3n) is 3.17. The smallest absolute Gasteiger partial charge is 0.0949 e. The zero-order valence-corrected chi connectivity index (χ0v) is 11.7. The number of alkyl halides is 1. The predicted octanol–water partition coefficient (Wildman–Crippen LogP) is 3.73. The second-order valence-electron chi connectivity index (χ2n) is 4.60. The van der Waals surface area contributed by atoms with Gasteiger partial charge in [-0.05, 0) is 17.2 Å². The number of aromatic nitrogens is 3. The third kappa shape index (κ3) is 2.89. The van der Waals surface area contributed by atoms with E-state index in [1.165, 1.54) is 5.56 Å². The molecule has 0 aliphatic carbocycles. The van der Waals surface area contributed by atoms with E-state index in [1.54, 1.807) is 6.20 Å². The van der Waals surface area contributed by atoms with Crippen LogP contribution in [0.25, 0.3) is 11.1 Å². The molecule has 0 aliphatic rings. The van der Waals surface area contributed by atoms with E-state index in [9.17, 15) is 0 Å². The van der Waals surface area contributed by atoms with E-state index in [1.807, 2.05) is 29.4 Å². The number of rotatable bonds is 4. The number of nitrogens with zero attached hydrogens (tertiary/aromatic N) is 3. The molecule has 0 saturated carbocycles. The van der Waals surface area contributed by atoms with Crippen molar-refractivity contribution in [3.8, 4) is 11.1 Å². The highest BCUT2D eigenvalue weighted by Gasteiger charge is 2.00. The molecule has 4 heteroatoms. The van der Waals surface area contributed by atoms with Gasteiger partial charge in [-0.2, -0.15) is 0 Å². The molecule has 100 valence electrons. The van der Waals surface area contributed by atoms with E-state index in [4.69, 9.17) is 11.6 Å². The number of pyridine rings is 1. The van der Waals surface area contributed by atoms with Gasteiger partial charge in [0, 0.05) is 30.7 Å². The largest absolute Gasteiger partial charge is 0.333 e. The first-order valence-corrected chi connectivity index (χ1v) is 6.94. The van der Waals surface area contributed by atoms with Crippen LogP contribution in [0.15, 0.2) is 61.3 Å². The molecule has 0 spiro atoms. The summed E-state index contributed by atoms with van der Waals surface area (Å²) in [5.41, 5.74) is 4.41. The molecule has 20 heavy (non-hydrogen) atoms. The standard InChI is InChI=1S/C16H14ClN3/c17-9-16-6-5-15(10-19-16)14-3-1-13(2-4-14)11-20-8-7-18-12-20/h1-8,10,12H,9,11H2. The summed E-state index contributed by atoms with van der Waals surface area (Å²) < 4.78 is 2.05. The second-order valence-corrected chi connectivity index (χ2v) is 4.87. The highest BCUT2D eigenvalue weighted by Crippen LogP contribution is 2.19. The van der Waals surface area contributed by atoms with Gasteiger partial charge in [-0.25, -0.2) is 4.98 Å². The van der Waals surface area contributed by atoms with Gasteiger partial charge in [0.05, 0.1) is 17.9 Å². The van der Waals surface area contributed by atoms with Gasteiger partial charge in [0.15, 0.2) is 0 Å². The zero-order chi connectivity index (χ0) is 13.8. The van der Waals surface area contributed by atoms with Gasteiger partial charge in [-0.15, -0.1) is 11.6 Å². The van der Waals surface area contributed by atoms with Crippen LogP contribution in [0.2, 0.25) is 0 Å². The molecule has 0 saturated heterocycles. The van der Waals surface area contributed by atoms with Gasteiger partial charge >= 0.3 is 0 Å². The van der Waals surface area contributed by atoms with Crippen LogP contribution in [0.3, 0.4) is 0 Å². The minimum Gasteiger partial charge on any atom is -0.333 e. The topological polar surface area (TPSA) is 30.7 Å². The summed E-state index contributed by atoms with van der Waals surface area (Å²) in [6, 6.07) is 12.5. The van der Waals surface area contributed by atoms with Crippen LogP contribution in [0.1, 0.15) is 11.3 Å². The molecule has 3 nitrogen and oxygen atoms in total. The van der Waals surface area contributed by atoms with Gasteiger partial charge < -0.3 is 4.57 Å². The van der Waals surface area contributed by atoms with Crippen LogP contribution in [0, 0.1) is 0 Å². The summed E-state index contributed by atoms with van der Waals surface area (Å²) in [6.07, 6.45) is 7.44. The molecule has 0 radical (unpaired) electrons. The van der Waals surface area contributed by atoms with Crippen LogP contribution in [-0.2, 0) is 12.4 Å². The lowest BCUT2D eigenvalue weighted by Crippen LogP contribution is -1.95. The summed E-state index contributed by atoms with van der Waals surface area (Å²) in [5.74, 6) is 0.449. The van der Waals surface area contributed by atoms with Crippen molar-refractivity contribution in [1.82, 2.24) is 14.5 Å². The SMILES string of the molecule is ClCc1ccc(-c2ccc(Cn3ccnc3)cc2)cn1. The van der Waals surface area contributed by atoms with Gasteiger partial charge in [-0.1, -0.05) is 30.3 Å². The van der Waals surface area contributed by atoms with Crippen LogP contribution in [-0.4, -0.2) is 14.5 Å². The molecule has 0 N–H and O–H groups in total. The quantitative estimate of drug-likeness (QED) is 0.683.